The fraction of sp³-hybridized carbons (Fsp3) is 0.667. The average molecular weight is 343 g/mol. The van der Waals surface area contributed by atoms with E-state index in [9.17, 15) is 13.5 Å². The summed E-state index contributed by atoms with van der Waals surface area (Å²) in [5, 5.41) is 11.0. The second kappa shape index (κ2) is 9.40. The molecule has 0 bridgehead atoms. The lowest BCUT2D eigenvalue weighted by atomic mass is 9.85. The number of aryl methyl sites for hydroxylation is 1. The summed E-state index contributed by atoms with van der Waals surface area (Å²) in [6.07, 6.45) is 6.17. The van der Waals surface area contributed by atoms with Gasteiger partial charge in [-0.25, -0.2) is 0 Å². The van der Waals surface area contributed by atoms with E-state index in [0.717, 1.165) is 37.5 Å². The van der Waals surface area contributed by atoms with Crippen molar-refractivity contribution in [3.05, 3.63) is 35.9 Å². The van der Waals surface area contributed by atoms with Crippen LogP contribution in [0.5, 0.6) is 0 Å². The summed E-state index contributed by atoms with van der Waals surface area (Å²) in [4.78, 5) is 0. The van der Waals surface area contributed by atoms with Gasteiger partial charge in [0.05, 0.1) is 11.9 Å². The van der Waals surface area contributed by atoms with E-state index in [2.05, 4.69) is 6.92 Å². The molecule has 0 radical (unpaired) electrons. The van der Waals surface area contributed by atoms with Crippen LogP contribution in [0, 0.1) is 0 Å². The molecule has 5 heteroatoms. The molecule has 0 heterocycles. The van der Waals surface area contributed by atoms with Crippen LogP contribution >= 0.6 is 0 Å². The van der Waals surface area contributed by atoms with Crippen LogP contribution in [-0.2, 0) is 20.7 Å². The summed E-state index contributed by atoms with van der Waals surface area (Å²) < 4.78 is 27.9. The molecule has 0 aromatic heterocycles. The first-order chi connectivity index (χ1) is 10.8. The summed E-state index contributed by atoms with van der Waals surface area (Å²) in [6, 6.07) is 9.91. The first-order valence-electron chi connectivity index (χ1n) is 8.41. The van der Waals surface area contributed by atoms with Gasteiger partial charge in [0.25, 0.3) is 10.1 Å². The molecule has 0 saturated carbocycles. The molecule has 23 heavy (non-hydrogen) atoms. The zero-order valence-electron chi connectivity index (χ0n) is 14.5. The van der Waals surface area contributed by atoms with Gasteiger partial charge >= 0.3 is 0 Å². The van der Waals surface area contributed by atoms with Gasteiger partial charge in [-0.1, -0.05) is 62.9 Å². The number of aliphatic hydroxyl groups is 1. The molecule has 1 unspecified atom stereocenters. The van der Waals surface area contributed by atoms with Crippen LogP contribution in [0.1, 0.15) is 57.9 Å². The van der Waals surface area contributed by atoms with Gasteiger partial charge in [-0.15, -0.1) is 0 Å². The van der Waals surface area contributed by atoms with E-state index in [-0.39, 0.29) is 0 Å². The van der Waals surface area contributed by atoms with Gasteiger partial charge in [-0.2, -0.15) is 8.42 Å². The highest BCUT2D eigenvalue weighted by atomic mass is 32.2. The van der Waals surface area contributed by atoms with E-state index < -0.39 is 21.8 Å². The molecule has 2 atom stereocenters. The van der Waals surface area contributed by atoms with Crippen molar-refractivity contribution in [2.45, 2.75) is 70.5 Å². The van der Waals surface area contributed by atoms with Crippen molar-refractivity contribution in [3.8, 4) is 0 Å². The topological polar surface area (TPSA) is 63.6 Å². The van der Waals surface area contributed by atoms with E-state index >= 15 is 0 Å². The third kappa shape index (κ3) is 7.95. The normalized spacial score (nSPS) is 16.0. The highest BCUT2D eigenvalue weighted by Gasteiger charge is 2.35. The lowest BCUT2D eigenvalue weighted by molar-refractivity contribution is -0.0642. The zero-order chi connectivity index (χ0) is 17.3. The third-order valence-electron chi connectivity index (χ3n) is 4.23. The van der Waals surface area contributed by atoms with Crippen molar-refractivity contribution in [1.82, 2.24) is 0 Å². The third-order valence-corrected chi connectivity index (χ3v) is 4.87. The lowest BCUT2D eigenvalue weighted by Gasteiger charge is -2.33. The van der Waals surface area contributed by atoms with Crippen LogP contribution in [0.3, 0.4) is 0 Å². The predicted molar refractivity (Wildman–Crippen MR) is 93.9 cm³/mol. The molecule has 0 amide bonds. The van der Waals surface area contributed by atoms with Crippen LogP contribution < -0.4 is 0 Å². The minimum absolute atomic E-state index is 0.486. The van der Waals surface area contributed by atoms with Crippen LogP contribution in [0.4, 0.5) is 0 Å². The van der Waals surface area contributed by atoms with Gasteiger partial charge < -0.3 is 5.11 Å². The maximum Gasteiger partial charge on any atom is 0.264 e. The molecular weight excluding hydrogens is 312 g/mol. The van der Waals surface area contributed by atoms with E-state index in [1.54, 1.807) is 6.92 Å². The fourth-order valence-corrected chi connectivity index (χ4v) is 3.45. The lowest BCUT2D eigenvalue weighted by Crippen LogP contribution is -2.43. The second-order valence-electron chi connectivity index (χ2n) is 6.34. The zero-order valence-corrected chi connectivity index (χ0v) is 15.3. The largest absolute Gasteiger partial charge is 0.387 e. The molecule has 4 nitrogen and oxygen atoms in total. The number of rotatable bonds is 11. The molecule has 0 fully saturated rings. The van der Waals surface area contributed by atoms with E-state index in [0.29, 0.717) is 19.3 Å². The Morgan fingerprint density at radius 2 is 1.78 bits per heavy atom. The monoisotopic (exact) mass is 342 g/mol. The molecule has 0 aliphatic carbocycles. The van der Waals surface area contributed by atoms with Gasteiger partial charge in [-0.3, -0.25) is 4.18 Å². The molecule has 132 valence electrons. The summed E-state index contributed by atoms with van der Waals surface area (Å²) in [5.41, 5.74) is -0.00169. The molecule has 1 N–H and O–H groups in total. The predicted octanol–water partition coefficient (Wildman–Crippen LogP) is 3.69. The summed E-state index contributed by atoms with van der Waals surface area (Å²) >= 11 is 0. The van der Waals surface area contributed by atoms with Crippen molar-refractivity contribution in [2.24, 2.45) is 0 Å². The van der Waals surface area contributed by atoms with Gasteiger partial charge in [0, 0.05) is 0 Å². The van der Waals surface area contributed by atoms with Gasteiger partial charge in [0.2, 0.25) is 0 Å². The Labute approximate surface area is 141 Å². The number of unbranched alkanes of at least 4 members (excludes halogenated alkanes) is 3. The Morgan fingerprint density at radius 1 is 1.13 bits per heavy atom. The minimum atomic E-state index is -3.58. The van der Waals surface area contributed by atoms with Crippen molar-refractivity contribution < 1.29 is 17.7 Å². The second-order valence-corrected chi connectivity index (χ2v) is 7.94. The SMILES string of the molecule is CCCCCCC(O)(CCc1ccccc1)[C@H](C)OS(C)(=O)=O. The van der Waals surface area contributed by atoms with Crippen LogP contribution in [-0.4, -0.2) is 31.5 Å². The van der Waals surface area contributed by atoms with Crippen LogP contribution in [0.2, 0.25) is 0 Å². The van der Waals surface area contributed by atoms with Crippen LogP contribution in [0.25, 0.3) is 0 Å². The maximum absolute atomic E-state index is 11.4. The standard InChI is InChI=1S/C18H30O4S/c1-4-5-6-10-14-18(19,16(2)22-23(3,20)21)15-13-17-11-8-7-9-12-17/h7-9,11-12,16,19H,4-6,10,13-15H2,1-3H3/t16-,18?/m0/s1. The van der Waals surface area contributed by atoms with Crippen LogP contribution in [0.15, 0.2) is 30.3 Å². The Morgan fingerprint density at radius 3 is 2.35 bits per heavy atom. The minimum Gasteiger partial charge on any atom is -0.387 e. The van der Waals surface area contributed by atoms with Gasteiger partial charge in [0.1, 0.15) is 6.10 Å². The molecule has 1 aromatic carbocycles. The van der Waals surface area contributed by atoms with E-state index in [1.807, 2.05) is 30.3 Å². The van der Waals surface area contributed by atoms with E-state index in [1.165, 1.54) is 0 Å². The number of benzene rings is 1. The van der Waals surface area contributed by atoms with Crippen molar-refractivity contribution in [3.63, 3.8) is 0 Å². The fourth-order valence-electron chi connectivity index (χ4n) is 2.75. The quantitative estimate of drug-likeness (QED) is 0.492. The molecule has 0 spiro atoms. The molecule has 0 aliphatic rings. The highest BCUT2D eigenvalue weighted by Crippen LogP contribution is 2.28. The van der Waals surface area contributed by atoms with Gasteiger partial charge in [0.15, 0.2) is 0 Å². The number of hydrogen-bond donors (Lipinski definition) is 1. The molecule has 1 aromatic rings. The number of hydrogen-bond acceptors (Lipinski definition) is 4. The Hall–Kier alpha value is -0.910. The molecular formula is C18H30O4S. The average Bonchev–Trinajstić information content (AvgIpc) is 2.49. The summed E-state index contributed by atoms with van der Waals surface area (Å²) in [7, 11) is -3.58. The van der Waals surface area contributed by atoms with E-state index in [4.69, 9.17) is 4.18 Å². The molecule has 0 saturated heterocycles. The van der Waals surface area contributed by atoms with Gasteiger partial charge in [-0.05, 0) is 31.7 Å². The Kier molecular flexibility index (Phi) is 8.23. The summed E-state index contributed by atoms with van der Waals surface area (Å²) in [5.74, 6) is 0. The molecule has 0 aliphatic heterocycles. The Balaban J connectivity index is 2.73. The smallest absolute Gasteiger partial charge is 0.264 e. The maximum atomic E-state index is 11.4. The Bertz CT molecular complexity index is 541. The first-order valence-corrected chi connectivity index (χ1v) is 10.2. The molecule has 1 rings (SSSR count). The first kappa shape index (κ1) is 20.1. The summed E-state index contributed by atoms with van der Waals surface area (Å²) in [6.45, 7) is 3.78. The van der Waals surface area contributed by atoms with Crippen molar-refractivity contribution in [2.75, 3.05) is 6.26 Å². The van der Waals surface area contributed by atoms with Crippen molar-refractivity contribution in [1.29, 1.82) is 0 Å². The highest BCUT2D eigenvalue weighted by molar-refractivity contribution is 7.86. The van der Waals surface area contributed by atoms with Crippen molar-refractivity contribution >= 4 is 10.1 Å².